The highest BCUT2D eigenvalue weighted by Gasteiger charge is 2.23. The lowest BCUT2D eigenvalue weighted by atomic mass is 10.1. The highest BCUT2D eigenvalue weighted by atomic mass is 16.2. The largest absolute Gasteiger partial charge is 0.346 e. The van der Waals surface area contributed by atoms with Crippen molar-refractivity contribution in [3.63, 3.8) is 0 Å². The van der Waals surface area contributed by atoms with Gasteiger partial charge in [-0.3, -0.25) is 14.3 Å². The number of fused-ring (bicyclic) bond motifs is 1. The van der Waals surface area contributed by atoms with E-state index in [2.05, 4.69) is 22.6 Å². The number of nitrogens with one attached hydrogen (secondary N) is 2. The molecule has 142 valence electrons. The number of carbonyl (C=O) groups is 1. The van der Waals surface area contributed by atoms with Crippen molar-refractivity contribution in [2.75, 3.05) is 20.1 Å². The zero-order valence-corrected chi connectivity index (χ0v) is 16.1. The summed E-state index contributed by atoms with van der Waals surface area (Å²) in [5.41, 5.74) is 1.13. The number of hydrogen-bond donors (Lipinski definition) is 2. The Labute approximate surface area is 153 Å². The number of aromatic nitrogens is 4. The molecule has 3 rings (SSSR count). The van der Waals surface area contributed by atoms with Crippen LogP contribution in [0, 0.1) is 0 Å². The first-order valence-electron chi connectivity index (χ1n) is 9.47. The summed E-state index contributed by atoms with van der Waals surface area (Å²) in [6.45, 7) is 8.70. The SMILES string of the molecule is CCn1cc2c(=O)n(CC(=O)N[C@@H]3CCC[NH+](C)C3)nc(C(C)C)c2n1. The smallest absolute Gasteiger partial charge is 0.278 e. The number of rotatable bonds is 5. The quantitative estimate of drug-likeness (QED) is 0.754. The summed E-state index contributed by atoms with van der Waals surface area (Å²) in [5, 5.41) is 12.5. The number of likely N-dealkylation sites (tertiary alicyclic amines) is 1. The molecular weight excluding hydrogens is 332 g/mol. The van der Waals surface area contributed by atoms with Crippen molar-refractivity contribution in [1.82, 2.24) is 24.9 Å². The maximum Gasteiger partial charge on any atom is 0.278 e. The van der Waals surface area contributed by atoms with Gasteiger partial charge in [-0.25, -0.2) is 4.68 Å². The van der Waals surface area contributed by atoms with E-state index < -0.39 is 0 Å². The average molecular weight is 361 g/mol. The van der Waals surface area contributed by atoms with Gasteiger partial charge in [0.05, 0.1) is 37.3 Å². The summed E-state index contributed by atoms with van der Waals surface area (Å²) in [5.74, 6) is -0.0422. The van der Waals surface area contributed by atoms with E-state index in [1.54, 1.807) is 10.9 Å². The van der Waals surface area contributed by atoms with Crippen molar-refractivity contribution in [3.8, 4) is 0 Å². The molecule has 0 bridgehead atoms. The number of piperidine rings is 1. The first-order valence-corrected chi connectivity index (χ1v) is 9.47. The maximum atomic E-state index is 12.8. The third kappa shape index (κ3) is 3.80. The fourth-order valence-electron chi connectivity index (χ4n) is 3.59. The van der Waals surface area contributed by atoms with Gasteiger partial charge in [0.2, 0.25) is 5.91 Å². The lowest BCUT2D eigenvalue weighted by Gasteiger charge is -2.27. The Morgan fingerprint density at radius 3 is 2.85 bits per heavy atom. The molecule has 2 aromatic heterocycles. The predicted molar refractivity (Wildman–Crippen MR) is 99.3 cm³/mol. The molecule has 8 heteroatoms. The van der Waals surface area contributed by atoms with E-state index in [9.17, 15) is 9.59 Å². The molecule has 26 heavy (non-hydrogen) atoms. The zero-order valence-electron chi connectivity index (χ0n) is 16.1. The minimum Gasteiger partial charge on any atom is -0.346 e. The molecule has 2 aromatic rings. The van der Waals surface area contributed by atoms with Crippen LogP contribution in [0.5, 0.6) is 0 Å². The Kier molecular flexibility index (Phi) is 5.41. The van der Waals surface area contributed by atoms with Crippen molar-refractivity contribution < 1.29 is 9.69 Å². The first-order chi connectivity index (χ1) is 12.4. The number of quaternary nitrogens is 1. The van der Waals surface area contributed by atoms with Crippen LogP contribution in [0.25, 0.3) is 10.9 Å². The summed E-state index contributed by atoms with van der Waals surface area (Å²) in [6.07, 6.45) is 3.85. The standard InChI is InChI=1S/C18H28N6O2/c1-5-23-10-14-17(20-23)16(12(2)3)21-24(18(14)26)11-15(25)19-13-7-6-8-22(4)9-13/h10,12-13H,5-9,11H2,1-4H3,(H,19,25)/p+1/t13-/m1/s1. The Morgan fingerprint density at radius 2 is 2.19 bits per heavy atom. The predicted octanol–water partition coefficient (Wildman–Crippen LogP) is -0.470. The van der Waals surface area contributed by atoms with Gasteiger partial charge in [-0.05, 0) is 25.7 Å². The Balaban J connectivity index is 1.86. The van der Waals surface area contributed by atoms with Crippen molar-refractivity contribution in [1.29, 1.82) is 0 Å². The molecule has 1 unspecified atom stereocenters. The maximum absolute atomic E-state index is 12.8. The van der Waals surface area contributed by atoms with Gasteiger partial charge < -0.3 is 10.2 Å². The lowest BCUT2D eigenvalue weighted by Crippen LogP contribution is -3.11. The van der Waals surface area contributed by atoms with Gasteiger partial charge in [-0.1, -0.05) is 13.8 Å². The van der Waals surface area contributed by atoms with Gasteiger partial charge in [-0.15, -0.1) is 0 Å². The summed E-state index contributed by atoms with van der Waals surface area (Å²) in [7, 11) is 2.14. The Bertz CT molecular complexity index is 853. The summed E-state index contributed by atoms with van der Waals surface area (Å²) in [6, 6.07) is 0.170. The van der Waals surface area contributed by atoms with Gasteiger partial charge in [0.1, 0.15) is 12.1 Å². The van der Waals surface area contributed by atoms with E-state index >= 15 is 0 Å². The topological polar surface area (TPSA) is 86.2 Å². The fraction of sp³-hybridized carbons (Fsp3) is 0.667. The third-order valence-corrected chi connectivity index (χ3v) is 4.98. The molecule has 0 aliphatic carbocycles. The monoisotopic (exact) mass is 361 g/mol. The molecule has 8 nitrogen and oxygen atoms in total. The number of likely N-dealkylation sites (N-methyl/N-ethyl adjacent to an activating group) is 1. The third-order valence-electron chi connectivity index (χ3n) is 4.98. The van der Waals surface area contributed by atoms with Crippen LogP contribution in [0.1, 0.15) is 45.2 Å². The van der Waals surface area contributed by atoms with E-state index in [0.717, 1.165) is 31.6 Å². The highest BCUT2D eigenvalue weighted by molar-refractivity contribution is 5.80. The first kappa shape index (κ1) is 18.6. The molecule has 0 spiro atoms. The number of hydrogen-bond acceptors (Lipinski definition) is 4. The number of amides is 1. The van der Waals surface area contributed by atoms with Crippen molar-refractivity contribution in [3.05, 3.63) is 22.2 Å². The Hall–Kier alpha value is -2.22. The normalized spacial score (nSPS) is 20.7. The molecule has 2 N–H and O–H groups in total. The molecule has 3 heterocycles. The molecule has 2 atom stereocenters. The molecule has 1 aliphatic rings. The summed E-state index contributed by atoms with van der Waals surface area (Å²) < 4.78 is 3.03. The van der Waals surface area contributed by atoms with Gasteiger partial charge in [-0.2, -0.15) is 10.2 Å². The van der Waals surface area contributed by atoms with E-state index in [4.69, 9.17) is 0 Å². The van der Waals surface area contributed by atoms with Crippen molar-refractivity contribution in [2.45, 2.75) is 58.7 Å². The highest BCUT2D eigenvalue weighted by Crippen LogP contribution is 2.19. The van der Waals surface area contributed by atoms with Crippen LogP contribution in [-0.2, 0) is 17.9 Å². The van der Waals surface area contributed by atoms with Gasteiger partial charge >= 0.3 is 0 Å². The average Bonchev–Trinajstić information content (AvgIpc) is 3.01. The summed E-state index contributed by atoms with van der Waals surface area (Å²) in [4.78, 5) is 26.7. The number of nitrogens with zero attached hydrogens (tertiary/aromatic N) is 4. The molecule has 0 saturated carbocycles. The molecule has 0 aromatic carbocycles. The van der Waals surface area contributed by atoms with Crippen LogP contribution in [0.2, 0.25) is 0 Å². The van der Waals surface area contributed by atoms with Crippen LogP contribution < -0.4 is 15.8 Å². The van der Waals surface area contributed by atoms with E-state index in [1.807, 2.05) is 20.8 Å². The second-order valence-corrected chi connectivity index (χ2v) is 7.57. The Morgan fingerprint density at radius 1 is 1.42 bits per heavy atom. The molecule has 1 fully saturated rings. The number of aryl methyl sites for hydroxylation is 1. The van der Waals surface area contributed by atoms with E-state index in [0.29, 0.717) is 17.4 Å². The molecule has 1 aliphatic heterocycles. The molecule has 0 radical (unpaired) electrons. The van der Waals surface area contributed by atoms with E-state index in [1.165, 1.54) is 9.58 Å². The van der Waals surface area contributed by atoms with Gasteiger partial charge in [0.25, 0.3) is 5.56 Å². The molecule has 1 saturated heterocycles. The van der Waals surface area contributed by atoms with Crippen LogP contribution in [0.4, 0.5) is 0 Å². The van der Waals surface area contributed by atoms with Gasteiger partial charge in [0.15, 0.2) is 0 Å². The molecular formula is C18H29N6O2+. The van der Waals surface area contributed by atoms with Crippen molar-refractivity contribution in [2.24, 2.45) is 0 Å². The van der Waals surface area contributed by atoms with Crippen LogP contribution in [0.15, 0.2) is 11.0 Å². The summed E-state index contributed by atoms with van der Waals surface area (Å²) >= 11 is 0. The van der Waals surface area contributed by atoms with Gasteiger partial charge in [0, 0.05) is 12.7 Å². The second-order valence-electron chi connectivity index (χ2n) is 7.57. The van der Waals surface area contributed by atoms with E-state index in [-0.39, 0.29) is 30.0 Å². The second kappa shape index (κ2) is 7.57. The number of carbonyl (C=O) groups excluding carboxylic acids is 1. The zero-order chi connectivity index (χ0) is 18.8. The minimum atomic E-state index is -0.259. The minimum absolute atomic E-state index is 0.0542. The van der Waals surface area contributed by atoms with Crippen molar-refractivity contribution >= 4 is 16.8 Å². The lowest BCUT2D eigenvalue weighted by molar-refractivity contribution is -0.885. The van der Waals surface area contributed by atoms with Crippen LogP contribution in [-0.4, -0.2) is 51.6 Å². The fourth-order valence-corrected chi connectivity index (χ4v) is 3.59. The van der Waals surface area contributed by atoms with Crippen LogP contribution in [0.3, 0.4) is 0 Å². The van der Waals surface area contributed by atoms with Crippen LogP contribution >= 0.6 is 0 Å². The molecule has 1 amide bonds.